The third-order valence-electron chi connectivity index (χ3n) is 8.66. The van der Waals surface area contributed by atoms with Gasteiger partial charge in [-0.1, -0.05) is 6.07 Å². The first-order valence-electron chi connectivity index (χ1n) is 12.2. The summed E-state index contributed by atoms with van der Waals surface area (Å²) in [4.78, 5) is 39.4. The van der Waals surface area contributed by atoms with Gasteiger partial charge in [0.05, 0.1) is 23.0 Å². The van der Waals surface area contributed by atoms with E-state index in [1.54, 1.807) is 25.3 Å². The van der Waals surface area contributed by atoms with Gasteiger partial charge >= 0.3 is 0 Å². The number of likely N-dealkylation sites (tertiary alicyclic amines) is 1. The van der Waals surface area contributed by atoms with E-state index in [4.69, 9.17) is 9.47 Å². The van der Waals surface area contributed by atoms with Crippen LogP contribution in [0.3, 0.4) is 0 Å². The molecule has 2 aromatic carbocycles. The fourth-order valence-corrected chi connectivity index (χ4v) is 7.13. The van der Waals surface area contributed by atoms with Crippen LogP contribution in [0.1, 0.15) is 36.0 Å². The molecule has 1 spiro atoms. The van der Waals surface area contributed by atoms with Crippen molar-refractivity contribution in [2.75, 3.05) is 20.7 Å². The van der Waals surface area contributed by atoms with E-state index in [1.807, 2.05) is 6.07 Å². The van der Waals surface area contributed by atoms with Crippen molar-refractivity contribution in [3.8, 4) is 11.5 Å². The molecule has 1 saturated heterocycles. The van der Waals surface area contributed by atoms with Crippen LogP contribution in [0.5, 0.6) is 11.5 Å². The molecule has 1 N–H and O–H groups in total. The largest absolute Gasteiger partial charge is 0.493 e. The molecule has 0 radical (unpaired) electrons. The standard InChI is InChI=1S/C27H27N3O6/c1-29-14-13-26-23-17-6-9-20(35-2)24(23)36-25(26)19(31)11-12-27(26,21(29)15-17)28-22(32)10-5-16-3-7-18(8-4-16)30(33)34/h3-10,21,25H,11-15H2,1-2H3,(H,28,32)/b10-5-/t21?,25-,26?,27?/m0/s1. The maximum atomic E-state index is 13.4. The van der Waals surface area contributed by atoms with Crippen LogP contribution in [0.25, 0.3) is 6.08 Å². The van der Waals surface area contributed by atoms with Crippen LogP contribution in [0.4, 0.5) is 5.69 Å². The van der Waals surface area contributed by atoms with Crippen molar-refractivity contribution in [3.63, 3.8) is 0 Å². The number of hydrogen-bond acceptors (Lipinski definition) is 7. The molecule has 2 aromatic rings. The van der Waals surface area contributed by atoms with Crippen molar-refractivity contribution in [2.24, 2.45) is 0 Å². The van der Waals surface area contributed by atoms with Gasteiger partial charge in [-0.2, -0.15) is 0 Å². The number of carbonyl (C=O) groups excluding carboxylic acids is 2. The molecule has 2 bridgehead atoms. The van der Waals surface area contributed by atoms with Crippen molar-refractivity contribution in [1.82, 2.24) is 10.2 Å². The SMILES string of the molecule is COc1ccc2c3c1O[C@H]1C(=O)CCC4(NC(=O)/C=C\c5ccc([N+](=O)[O-])cc5)C(C2)N(C)CCC314. The third-order valence-corrected chi connectivity index (χ3v) is 8.66. The maximum Gasteiger partial charge on any atom is 0.269 e. The fourth-order valence-electron chi connectivity index (χ4n) is 7.13. The minimum absolute atomic E-state index is 0.00305. The van der Waals surface area contributed by atoms with Gasteiger partial charge in [-0.25, -0.2) is 0 Å². The molecule has 1 saturated carbocycles. The van der Waals surface area contributed by atoms with E-state index >= 15 is 0 Å². The Morgan fingerprint density at radius 2 is 2.03 bits per heavy atom. The summed E-state index contributed by atoms with van der Waals surface area (Å²) in [7, 11) is 3.68. The molecule has 3 unspecified atom stereocenters. The Bertz CT molecular complexity index is 1320. The topological polar surface area (TPSA) is 111 Å². The molecular formula is C27H27N3O6. The molecule has 0 aromatic heterocycles. The molecule has 2 heterocycles. The number of ether oxygens (including phenoxy) is 2. The van der Waals surface area contributed by atoms with Crippen LogP contribution in [-0.4, -0.2) is 59.9 Å². The highest BCUT2D eigenvalue weighted by molar-refractivity contribution is 5.95. The second kappa shape index (κ2) is 7.89. The van der Waals surface area contributed by atoms with Crippen LogP contribution < -0.4 is 14.8 Å². The summed E-state index contributed by atoms with van der Waals surface area (Å²) in [6, 6.07) is 10.0. The van der Waals surface area contributed by atoms with Crippen molar-refractivity contribution in [3.05, 3.63) is 69.3 Å². The number of likely N-dealkylation sites (N-methyl/N-ethyl adjacent to an activating group) is 1. The number of hydrogen-bond donors (Lipinski definition) is 1. The Morgan fingerprint density at radius 1 is 1.25 bits per heavy atom. The smallest absolute Gasteiger partial charge is 0.269 e. The molecule has 6 rings (SSSR count). The van der Waals surface area contributed by atoms with Crippen LogP contribution >= 0.6 is 0 Å². The van der Waals surface area contributed by atoms with Gasteiger partial charge in [-0.3, -0.25) is 19.7 Å². The molecule has 9 nitrogen and oxygen atoms in total. The predicted octanol–water partition coefficient (Wildman–Crippen LogP) is 2.79. The van der Waals surface area contributed by atoms with Gasteiger partial charge in [-0.15, -0.1) is 0 Å². The van der Waals surface area contributed by atoms with Gasteiger partial charge in [0.1, 0.15) is 0 Å². The van der Waals surface area contributed by atoms with E-state index in [9.17, 15) is 19.7 Å². The van der Waals surface area contributed by atoms with Crippen LogP contribution in [0, 0.1) is 10.1 Å². The minimum Gasteiger partial charge on any atom is -0.493 e. The normalized spacial score (nSPS) is 30.0. The van der Waals surface area contributed by atoms with E-state index in [0.29, 0.717) is 36.3 Å². The van der Waals surface area contributed by atoms with E-state index in [2.05, 4.69) is 23.3 Å². The van der Waals surface area contributed by atoms with Crippen LogP contribution in [0.2, 0.25) is 0 Å². The van der Waals surface area contributed by atoms with Gasteiger partial charge in [-0.05, 0) is 68.3 Å². The molecule has 186 valence electrons. The van der Waals surface area contributed by atoms with Gasteiger partial charge in [0, 0.05) is 36.2 Å². The number of methoxy groups -OCH3 is 1. The van der Waals surface area contributed by atoms with Crippen molar-refractivity contribution >= 4 is 23.5 Å². The average molecular weight is 490 g/mol. The van der Waals surface area contributed by atoms with E-state index in [0.717, 1.165) is 24.1 Å². The Morgan fingerprint density at radius 3 is 2.75 bits per heavy atom. The number of nitro groups is 1. The van der Waals surface area contributed by atoms with E-state index < -0.39 is 22.0 Å². The van der Waals surface area contributed by atoms with Crippen molar-refractivity contribution in [1.29, 1.82) is 0 Å². The number of Topliss-reactive ketones (excluding diaryl/α,β-unsaturated/α-hetero) is 1. The number of amides is 1. The van der Waals surface area contributed by atoms with Gasteiger partial charge < -0.3 is 19.7 Å². The van der Waals surface area contributed by atoms with Crippen LogP contribution in [-0.2, 0) is 21.4 Å². The van der Waals surface area contributed by atoms with E-state index in [1.165, 1.54) is 18.2 Å². The number of carbonyl (C=O) groups is 2. The number of nitrogens with one attached hydrogen (secondary N) is 1. The zero-order chi connectivity index (χ0) is 25.2. The summed E-state index contributed by atoms with van der Waals surface area (Å²) in [5, 5.41) is 14.3. The first-order valence-corrected chi connectivity index (χ1v) is 12.2. The monoisotopic (exact) mass is 489 g/mol. The number of piperidine rings is 1. The summed E-state index contributed by atoms with van der Waals surface area (Å²) in [5.74, 6) is 1.05. The number of nitro benzene ring substituents is 1. The Kier molecular flexibility index (Phi) is 4.98. The van der Waals surface area contributed by atoms with Crippen molar-refractivity contribution in [2.45, 2.75) is 48.8 Å². The Labute approximate surface area is 208 Å². The lowest BCUT2D eigenvalue weighted by atomic mass is 9.47. The first-order chi connectivity index (χ1) is 17.3. The van der Waals surface area contributed by atoms with Crippen molar-refractivity contribution < 1.29 is 24.0 Å². The van der Waals surface area contributed by atoms with Gasteiger partial charge in [0.15, 0.2) is 23.4 Å². The molecule has 9 heteroatoms. The summed E-state index contributed by atoms with van der Waals surface area (Å²) in [5.41, 5.74) is 1.51. The van der Waals surface area contributed by atoms with Gasteiger partial charge in [0.25, 0.3) is 5.69 Å². The highest BCUT2D eigenvalue weighted by Crippen LogP contribution is 2.64. The fraction of sp³-hybridized carbons (Fsp3) is 0.407. The summed E-state index contributed by atoms with van der Waals surface area (Å²) >= 11 is 0. The average Bonchev–Trinajstić information content (AvgIpc) is 3.23. The molecule has 4 atom stereocenters. The number of ketones is 1. The quantitative estimate of drug-likeness (QED) is 0.391. The lowest BCUT2D eigenvalue weighted by Crippen LogP contribution is -2.81. The molecule has 2 aliphatic carbocycles. The Balaban J connectivity index is 1.41. The molecule has 2 aliphatic heterocycles. The molecule has 4 aliphatic rings. The Hall–Kier alpha value is -3.72. The van der Waals surface area contributed by atoms with Crippen LogP contribution in [0.15, 0.2) is 42.5 Å². The highest BCUT2D eigenvalue weighted by atomic mass is 16.6. The summed E-state index contributed by atoms with van der Waals surface area (Å²) < 4.78 is 12.0. The zero-order valence-corrected chi connectivity index (χ0v) is 20.2. The minimum atomic E-state index is -0.680. The van der Waals surface area contributed by atoms with Gasteiger partial charge in [0.2, 0.25) is 5.91 Å². The zero-order valence-electron chi connectivity index (χ0n) is 20.2. The second-order valence-corrected chi connectivity index (χ2v) is 10.2. The molecule has 2 fully saturated rings. The number of nitrogens with zero attached hydrogens (tertiary/aromatic N) is 2. The number of non-ortho nitro benzene ring substituents is 1. The highest BCUT2D eigenvalue weighted by Gasteiger charge is 2.73. The predicted molar refractivity (Wildman–Crippen MR) is 131 cm³/mol. The number of benzene rings is 2. The lowest BCUT2D eigenvalue weighted by molar-refractivity contribution is -0.384. The lowest BCUT2D eigenvalue weighted by Gasteiger charge is -2.64. The molecule has 36 heavy (non-hydrogen) atoms. The third kappa shape index (κ3) is 2.92. The first kappa shape index (κ1) is 22.7. The maximum absolute atomic E-state index is 13.4. The molecule has 1 amide bonds. The molecular weight excluding hydrogens is 462 g/mol. The number of rotatable bonds is 5. The summed E-state index contributed by atoms with van der Waals surface area (Å²) in [6.45, 7) is 0.796. The second-order valence-electron chi connectivity index (χ2n) is 10.2. The van der Waals surface area contributed by atoms with E-state index in [-0.39, 0.29) is 23.4 Å². The summed E-state index contributed by atoms with van der Waals surface area (Å²) in [6.07, 6.45) is 4.74.